The van der Waals surface area contributed by atoms with E-state index in [1.54, 1.807) is 12.3 Å². The van der Waals surface area contributed by atoms with Gasteiger partial charge in [-0.3, -0.25) is 0 Å². The SMILES string of the molecule is N#Cc1ccc(N2CC(O)C2)cn1. The molecule has 4 heteroatoms. The Labute approximate surface area is 76.1 Å². The second-order valence-corrected chi connectivity index (χ2v) is 3.07. The Morgan fingerprint density at radius 3 is 2.77 bits per heavy atom. The molecule has 2 heterocycles. The zero-order valence-corrected chi connectivity index (χ0v) is 7.01. The maximum Gasteiger partial charge on any atom is 0.140 e. The van der Waals surface area contributed by atoms with Crippen molar-refractivity contribution in [1.29, 1.82) is 5.26 Å². The van der Waals surface area contributed by atoms with Crippen LogP contribution in [0.3, 0.4) is 0 Å². The van der Waals surface area contributed by atoms with Gasteiger partial charge in [-0.25, -0.2) is 4.98 Å². The summed E-state index contributed by atoms with van der Waals surface area (Å²) < 4.78 is 0. The molecule has 1 aromatic heterocycles. The Kier molecular flexibility index (Phi) is 1.87. The smallest absolute Gasteiger partial charge is 0.140 e. The average Bonchev–Trinajstić information content (AvgIpc) is 2.13. The van der Waals surface area contributed by atoms with Gasteiger partial charge < -0.3 is 10.0 Å². The summed E-state index contributed by atoms with van der Waals surface area (Å²) in [5.41, 5.74) is 1.38. The second-order valence-electron chi connectivity index (χ2n) is 3.07. The number of aliphatic hydroxyl groups is 1. The maximum absolute atomic E-state index is 9.07. The Balaban J connectivity index is 2.11. The first kappa shape index (κ1) is 8.02. The minimum Gasteiger partial charge on any atom is -0.389 e. The van der Waals surface area contributed by atoms with Gasteiger partial charge in [-0.1, -0.05) is 0 Å². The van der Waals surface area contributed by atoms with Crippen molar-refractivity contribution in [3.8, 4) is 6.07 Å². The van der Waals surface area contributed by atoms with Crippen LogP contribution >= 0.6 is 0 Å². The molecule has 1 aliphatic heterocycles. The fraction of sp³-hybridized carbons (Fsp3) is 0.333. The van der Waals surface area contributed by atoms with Gasteiger partial charge in [0.05, 0.1) is 18.0 Å². The minimum absolute atomic E-state index is 0.212. The molecular weight excluding hydrogens is 166 g/mol. The predicted molar refractivity (Wildman–Crippen MR) is 47.2 cm³/mol. The molecule has 1 saturated heterocycles. The molecule has 1 aromatic rings. The maximum atomic E-state index is 9.07. The third kappa shape index (κ3) is 1.46. The molecule has 1 fully saturated rings. The molecule has 0 aliphatic carbocycles. The van der Waals surface area contributed by atoms with Crippen molar-refractivity contribution in [3.63, 3.8) is 0 Å². The molecule has 1 N–H and O–H groups in total. The van der Waals surface area contributed by atoms with Gasteiger partial charge in [-0.15, -0.1) is 0 Å². The van der Waals surface area contributed by atoms with Gasteiger partial charge in [0.1, 0.15) is 11.8 Å². The number of β-amino-alcohol motifs (C(OH)–C–C–N with tert-alkyl or cyclic N) is 1. The van der Waals surface area contributed by atoms with Crippen LogP contribution < -0.4 is 4.90 Å². The molecule has 0 unspecified atom stereocenters. The summed E-state index contributed by atoms with van der Waals surface area (Å²) in [6.45, 7) is 1.32. The summed E-state index contributed by atoms with van der Waals surface area (Å²) in [5.74, 6) is 0. The number of nitriles is 1. The van der Waals surface area contributed by atoms with Crippen LogP contribution in [0.4, 0.5) is 5.69 Å². The number of rotatable bonds is 1. The van der Waals surface area contributed by atoms with E-state index in [0.717, 1.165) is 5.69 Å². The molecule has 0 radical (unpaired) electrons. The first-order valence-corrected chi connectivity index (χ1v) is 4.09. The van der Waals surface area contributed by atoms with Gasteiger partial charge in [0.25, 0.3) is 0 Å². The number of hydrogen-bond acceptors (Lipinski definition) is 4. The van der Waals surface area contributed by atoms with Gasteiger partial charge in [0.15, 0.2) is 0 Å². The van der Waals surface area contributed by atoms with Gasteiger partial charge in [0.2, 0.25) is 0 Å². The largest absolute Gasteiger partial charge is 0.389 e. The molecule has 1 aliphatic rings. The van der Waals surface area contributed by atoms with E-state index < -0.39 is 0 Å². The summed E-state index contributed by atoms with van der Waals surface area (Å²) in [6.07, 6.45) is 1.44. The lowest BCUT2D eigenvalue weighted by atomic mass is 10.1. The quantitative estimate of drug-likeness (QED) is 0.659. The number of anilines is 1. The zero-order chi connectivity index (χ0) is 9.26. The Morgan fingerprint density at radius 2 is 2.31 bits per heavy atom. The van der Waals surface area contributed by atoms with E-state index in [4.69, 9.17) is 10.4 Å². The summed E-state index contributed by atoms with van der Waals surface area (Å²) in [4.78, 5) is 5.95. The molecule has 0 aromatic carbocycles. The number of pyridine rings is 1. The highest BCUT2D eigenvalue weighted by Crippen LogP contribution is 2.19. The fourth-order valence-corrected chi connectivity index (χ4v) is 1.31. The molecule has 66 valence electrons. The summed E-state index contributed by atoms with van der Waals surface area (Å²) in [7, 11) is 0. The van der Waals surface area contributed by atoms with E-state index in [9.17, 15) is 0 Å². The average molecular weight is 175 g/mol. The van der Waals surface area contributed by atoms with Gasteiger partial charge in [0, 0.05) is 13.1 Å². The van der Waals surface area contributed by atoms with E-state index in [1.807, 2.05) is 17.0 Å². The number of aromatic nitrogens is 1. The first-order chi connectivity index (χ1) is 6.29. The predicted octanol–water partition coefficient (Wildman–Crippen LogP) is 0.134. The van der Waals surface area contributed by atoms with Crippen LogP contribution in [-0.2, 0) is 0 Å². The monoisotopic (exact) mass is 175 g/mol. The normalized spacial score (nSPS) is 16.5. The molecule has 0 bridgehead atoms. The molecular formula is C9H9N3O. The first-order valence-electron chi connectivity index (χ1n) is 4.09. The van der Waals surface area contributed by atoms with Crippen LogP contribution in [-0.4, -0.2) is 29.3 Å². The van der Waals surface area contributed by atoms with Crippen LogP contribution in [0, 0.1) is 11.3 Å². The van der Waals surface area contributed by atoms with E-state index in [-0.39, 0.29) is 6.10 Å². The standard InChI is InChI=1S/C9H9N3O/c10-3-7-1-2-8(4-11-7)12-5-9(13)6-12/h1-2,4,9,13H,5-6H2. The van der Waals surface area contributed by atoms with E-state index in [0.29, 0.717) is 18.8 Å². The van der Waals surface area contributed by atoms with Crippen LogP contribution in [0.25, 0.3) is 0 Å². The van der Waals surface area contributed by atoms with Crippen LogP contribution in [0.2, 0.25) is 0 Å². The fourth-order valence-electron chi connectivity index (χ4n) is 1.31. The highest BCUT2D eigenvalue weighted by Gasteiger charge is 2.24. The van der Waals surface area contributed by atoms with Crippen molar-refractivity contribution >= 4 is 5.69 Å². The molecule has 0 atom stereocenters. The van der Waals surface area contributed by atoms with Gasteiger partial charge in [-0.2, -0.15) is 5.26 Å². The number of aliphatic hydroxyl groups excluding tert-OH is 1. The van der Waals surface area contributed by atoms with Crippen molar-refractivity contribution < 1.29 is 5.11 Å². The molecule has 13 heavy (non-hydrogen) atoms. The molecule has 4 nitrogen and oxygen atoms in total. The van der Waals surface area contributed by atoms with Crippen molar-refractivity contribution in [3.05, 3.63) is 24.0 Å². The highest BCUT2D eigenvalue weighted by atomic mass is 16.3. The van der Waals surface area contributed by atoms with E-state index in [2.05, 4.69) is 4.98 Å². The number of nitrogens with zero attached hydrogens (tertiary/aromatic N) is 3. The van der Waals surface area contributed by atoms with Crippen molar-refractivity contribution in [2.24, 2.45) is 0 Å². The van der Waals surface area contributed by atoms with Crippen molar-refractivity contribution in [2.45, 2.75) is 6.10 Å². The lowest BCUT2D eigenvalue weighted by molar-refractivity contribution is 0.142. The van der Waals surface area contributed by atoms with Crippen molar-refractivity contribution in [2.75, 3.05) is 18.0 Å². The Hall–Kier alpha value is -1.60. The van der Waals surface area contributed by atoms with Crippen LogP contribution in [0.15, 0.2) is 18.3 Å². The lowest BCUT2D eigenvalue weighted by Crippen LogP contribution is -2.50. The molecule has 0 saturated carbocycles. The highest BCUT2D eigenvalue weighted by molar-refractivity contribution is 5.48. The zero-order valence-electron chi connectivity index (χ0n) is 7.01. The molecule has 0 spiro atoms. The molecule has 2 rings (SSSR count). The summed E-state index contributed by atoms with van der Waals surface area (Å²) in [5, 5.41) is 17.6. The van der Waals surface area contributed by atoms with Crippen LogP contribution in [0.5, 0.6) is 0 Å². The summed E-state index contributed by atoms with van der Waals surface area (Å²) in [6, 6.07) is 5.48. The van der Waals surface area contributed by atoms with E-state index in [1.165, 1.54) is 0 Å². The Bertz CT molecular complexity index is 335. The topological polar surface area (TPSA) is 60.2 Å². The third-order valence-electron chi connectivity index (χ3n) is 2.09. The Morgan fingerprint density at radius 1 is 1.54 bits per heavy atom. The summed E-state index contributed by atoms with van der Waals surface area (Å²) >= 11 is 0. The number of hydrogen-bond donors (Lipinski definition) is 1. The second kappa shape index (κ2) is 3.04. The molecule has 0 amide bonds. The van der Waals surface area contributed by atoms with Crippen molar-refractivity contribution in [1.82, 2.24) is 4.98 Å². The van der Waals surface area contributed by atoms with E-state index >= 15 is 0 Å². The van der Waals surface area contributed by atoms with Gasteiger partial charge in [-0.05, 0) is 12.1 Å². The van der Waals surface area contributed by atoms with Crippen LogP contribution in [0.1, 0.15) is 5.69 Å². The lowest BCUT2D eigenvalue weighted by Gasteiger charge is -2.37. The van der Waals surface area contributed by atoms with Gasteiger partial charge >= 0.3 is 0 Å². The minimum atomic E-state index is -0.212. The third-order valence-corrected chi connectivity index (χ3v) is 2.09.